The molecule has 0 fully saturated rings. The SMILES string of the molecule is CN=C(NCc1cccs1)NCC(C)(C)c1ccccc1C.I. The zero-order valence-corrected chi connectivity index (χ0v) is 17.4. The Labute approximate surface area is 160 Å². The molecule has 2 N–H and O–H groups in total. The van der Waals surface area contributed by atoms with Crippen LogP contribution in [0.3, 0.4) is 0 Å². The van der Waals surface area contributed by atoms with E-state index in [4.69, 9.17) is 0 Å². The topological polar surface area (TPSA) is 36.4 Å². The number of aliphatic imine (C=N–C) groups is 1. The van der Waals surface area contributed by atoms with Crippen molar-refractivity contribution in [3.8, 4) is 0 Å². The van der Waals surface area contributed by atoms with Crippen LogP contribution in [-0.4, -0.2) is 19.6 Å². The normalized spacial score (nSPS) is 11.7. The maximum Gasteiger partial charge on any atom is 0.191 e. The number of halogens is 1. The number of nitrogens with zero attached hydrogens (tertiary/aromatic N) is 1. The number of hydrogen-bond donors (Lipinski definition) is 2. The minimum absolute atomic E-state index is 0. The van der Waals surface area contributed by atoms with Crippen LogP contribution >= 0.6 is 35.3 Å². The van der Waals surface area contributed by atoms with E-state index in [2.05, 4.69) is 78.2 Å². The van der Waals surface area contributed by atoms with Gasteiger partial charge in [0.1, 0.15) is 0 Å². The van der Waals surface area contributed by atoms with Gasteiger partial charge in [0.05, 0.1) is 6.54 Å². The van der Waals surface area contributed by atoms with Crippen molar-refractivity contribution in [3.63, 3.8) is 0 Å². The predicted molar refractivity (Wildman–Crippen MR) is 112 cm³/mol. The second-order valence-electron chi connectivity index (χ2n) is 6.06. The first-order chi connectivity index (χ1) is 10.5. The standard InChI is InChI=1S/C18H25N3S.HI/c1-14-8-5-6-10-16(14)18(2,3)13-21-17(19-4)20-12-15-9-7-11-22-15;/h5-11H,12-13H2,1-4H3,(H2,19,20,21);1H. The van der Waals surface area contributed by atoms with Crippen LogP contribution in [0.2, 0.25) is 0 Å². The average molecular weight is 443 g/mol. The first-order valence-corrected chi connectivity index (χ1v) is 8.44. The van der Waals surface area contributed by atoms with E-state index in [0.29, 0.717) is 0 Å². The molecule has 23 heavy (non-hydrogen) atoms. The lowest BCUT2D eigenvalue weighted by Crippen LogP contribution is -2.43. The molecule has 3 nitrogen and oxygen atoms in total. The maximum atomic E-state index is 4.31. The fourth-order valence-corrected chi connectivity index (χ4v) is 3.18. The van der Waals surface area contributed by atoms with E-state index in [1.807, 2.05) is 7.05 Å². The molecule has 0 spiro atoms. The molecule has 126 valence electrons. The summed E-state index contributed by atoms with van der Waals surface area (Å²) in [5.41, 5.74) is 2.75. The monoisotopic (exact) mass is 443 g/mol. The Morgan fingerprint density at radius 3 is 2.48 bits per heavy atom. The van der Waals surface area contributed by atoms with Gasteiger partial charge in [-0.25, -0.2) is 0 Å². The molecule has 5 heteroatoms. The second-order valence-corrected chi connectivity index (χ2v) is 7.09. The van der Waals surface area contributed by atoms with Crippen LogP contribution in [0.1, 0.15) is 29.9 Å². The number of benzene rings is 1. The molecule has 2 aromatic rings. The van der Waals surface area contributed by atoms with E-state index >= 15 is 0 Å². The lowest BCUT2D eigenvalue weighted by Gasteiger charge is -2.28. The highest BCUT2D eigenvalue weighted by molar-refractivity contribution is 14.0. The number of aryl methyl sites for hydroxylation is 1. The van der Waals surface area contributed by atoms with Crippen molar-refractivity contribution in [1.29, 1.82) is 0 Å². The molecule has 0 saturated carbocycles. The molecule has 0 aliphatic heterocycles. The van der Waals surface area contributed by atoms with Crippen LogP contribution in [-0.2, 0) is 12.0 Å². The summed E-state index contributed by atoms with van der Waals surface area (Å²) >= 11 is 1.75. The summed E-state index contributed by atoms with van der Waals surface area (Å²) in [5.74, 6) is 0.843. The van der Waals surface area contributed by atoms with Crippen LogP contribution in [0, 0.1) is 6.92 Å². The Bertz CT molecular complexity index is 621. The van der Waals surface area contributed by atoms with E-state index in [1.165, 1.54) is 16.0 Å². The highest BCUT2D eigenvalue weighted by Gasteiger charge is 2.22. The minimum Gasteiger partial charge on any atom is -0.356 e. The maximum absolute atomic E-state index is 4.31. The average Bonchev–Trinajstić information content (AvgIpc) is 3.01. The van der Waals surface area contributed by atoms with Gasteiger partial charge in [0, 0.05) is 23.9 Å². The van der Waals surface area contributed by atoms with Gasteiger partial charge in [-0.15, -0.1) is 35.3 Å². The number of nitrogens with one attached hydrogen (secondary N) is 2. The summed E-state index contributed by atoms with van der Waals surface area (Å²) in [6.07, 6.45) is 0. The number of hydrogen-bond acceptors (Lipinski definition) is 2. The molecule has 0 aliphatic carbocycles. The largest absolute Gasteiger partial charge is 0.356 e. The molecule has 0 radical (unpaired) electrons. The molecule has 0 amide bonds. The summed E-state index contributed by atoms with van der Waals surface area (Å²) in [6, 6.07) is 12.8. The fourth-order valence-electron chi connectivity index (χ4n) is 2.54. The van der Waals surface area contributed by atoms with Gasteiger partial charge in [-0.3, -0.25) is 4.99 Å². The van der Waals surface area contributed by atoms with Gasteiger partial charge in [-0.1, -0.05) is 44.2 Å². The van der Waals surface area contributed by atoms with Crippen LogP contribution in [0.4, 0.5) is 0 Å². The Morgan fingerprint density at radius 1 is 1.13 bits per heavy atom. The van der Waals surface area contributed by atoms with Gasteiger partial charge >= 0.3 is 0 Å². The second kappa shape index (κ2) is 9.27. The van der Waals surface area contributed by atoms with Gasteiger partial charge < -0.3 is 10.6 Å². The lowest BCUT2D eigenvalue weighted by molar-refractivity contribution is 0.506. The van der Waals surface area contributed by atoms with Gasteiger partial charge in [0.2, 0.25) is 0 Å². The van der Waals surface area contributed by atoms with E-state index in [1.54, 1.807) is 11.3 Å². The molecule has 0 aliphatic rings. The van der Waals surface area contributed by atoms with Crippen LogP contribution in [0.15, 0.2) is 46.8 Å². The Hall–Kier alpha value is -1.08. The molecule has 1 aromatic carbocycles. The van der Waals surface area contributed by atoms with Crippen LogP contribution < -0.4 is 10.6 Å². The molecule has 0 bridgehead atoms. The smallest absolute Gasteiger partial charge is 0.191 e. The number of thiophene rings is 1. The summed E-state index contributed by atoms with van der Waals surface area (Å²) in [7, 11) is 1.81. The van der Waals surface area contributed by atoms with Crippen molar-refractivity contribution in [3.05, 3.63) is 57.8 Å². The Balaban J connectivity index is 0.00000264. The minimum atomic E-state index is 0. The van der Waals surface area contributed by atoms with Gasteiger partial charge in [-0.05, 0) is 29.5 Å². The number of rotatable bonds is 5. The summed E-state index contributed by atoms with van der Waals surface area (Å²) in [4.78, 5) is 5.61. The van der Waals surface area contributed by atoms with Crippen molar-refractivity contribution < 1.29 is 0 Å². The van der Waals surface area contributed by atoms with Crippen LogP contribution in [0.25, 0.3) is 0 Å². The van der Waals surface area contributed by atoms with E-state index < -0.39 is 0 Å². The summed E-state index contributed by atoms with van der Waals surface area (Å²) in [5, 5.41) is 8.89. The third-order valence-corrected chi connectivity index (χ3v) is 4.68. The zero-order valence-electron chi connectivity index (χ0n) is 14.2. The Kier molecular flexibility index (Phi) is 8.05. The Morgan fingerprint density at radius 2 is 1.87 bits per heavy atom. The van der Waals surface area contributed by atoms with Gasteiger partial charge in [-0.2, -0.15) is 0 Å². The van der Waals surface area contributed by atoms with Crippen molar-refractivity contribution in [1.82, 2.24) is 10.6 Å². The number of guanidine groups is 1. The van der Waals surface area contributed by atoms with Crippen molar-refractivity contribution in [2.24, 2.45) is 4.99 Å². The quantitative estimate of drug-likeness (QED) is 0.410. The highest BCUT2D eigenvalue weighted by atomic mass is 127. The molecule has 1 heterocycles. The molecule has 1 aromatic heterocycles. The van der Waals surface area contributed by atoms with E-state index in [9.17, 15) is 0 Å². The highest BCUT2D eigenvalue weighted by Crippen LogP contribution is 2.25. The van der Waals surface area contributed by atoms with E-state index in [-0.39, 0.29) is 29.4 Å². The summed E-state index contributed by atoms with van der Waals surface area (Å²) in [6.45, 7) is 8.33. The van der Waals surface area contributed by atoms with Gasteiger partial charge in [0.15, 0.2) is 5.96 Å². The van der Waals surface area contributed by atoms with E-state index in [0.717, 1.165) is 19.0 Å². The zero-order chi connectivity index (χ0) is 16.0. The van der Waals surface area contributed by atoms with Crippen LogP contribution in [0.5, 0.6) is 0 Å². The molecule has 0 saturated heterocycles. The third kappa shape index (κ3) is 5.80. The van der Waals surface area contributed by atoms with Crippen molar-refractivity contribution in [2.75, 3.05) is 13.6 Å². The lowest BCUT2D eigenvalue weighted by atomic mass is 9.82. The predicted octanol–water partition coefficient (Wildman–Crippen LogP) is 4.32. The molecular weight excluding hydrogens is 417 g/mol. The molecule has 2 rings (SSSR count). The van der Waals surface area contributed by atoms with Crippen molar-refractivity contribution >= 4 is 41.3 Å². The molecule has 0 unspecified atom stereocenters. The molecule has 0 atom stereocenters. The fraction of sp³-hybridized carbons (Fsp3) is 0.389. The third-order valence-electron chi connectivity index (χ3n) is 3.81. The van der Waals surface area contributed by atoms with Gasteiger partial charge in [0.25, 0.3) is 0 Å². The first-order valence-electron chi connectivity index (χ1n) is 7.56. The van der Waals surface area contributed by atoms with Crippen molar-refractivity contribution in [2.45, 2.75) is 32.7 Å². The molecular formula is C18H26IN3S. The summed E-state index contributed by atoms with van der Waals surface area (Å²) < 4.78 is 0. The first kappa shape index (κ1) is 20.0.